The minimum absolute atomic E-state index is 0.187. The predicted octanol–water partition coefficient (Wildman–Crippen LogP) is 2.34. The Kier molecular flexibility index (Phi) is 3.82. The lowest BCUT2D eigenvalue weighted by Crippen LogP contribution is -2.29. The molecule has 2 unspecified atom stereocenters. The third-order valence-corrected chi connectivity index (χ3v) is 4.30. The first-order valence-corrected chi connectivity index (χ1v) is 7.54. The number of anilines is 2. The molecule has 2 fully saturated rings. The molecule has 1 saturated heterocycles. The van der Waals surface area contributed by atoms with Crippen molar-refractivity contribution in [2.75, 3.05) is 23.3 Å². The number of nitrogens with zero attached hydrogens (tertiary/aromatic N) is 1. The minimum Gasteiger partial charge on any atom is -0.481 e. The molecule has 1 heterocycles. The van der Waals surface area contributed by atoms with Crippen molar-refractivity contribution < 1.29 is 14.7 Å². The summed E-state index contributed by atoms with van der Waals surface area (Å²) in [6, 6.07) is 7.81. The van der Waals surface area contributed by atoms with E-state index >= 15 is 0 Å². The van der Waals surface area contributed by atoms with E-state index in [2.05, 4.69) is 10.2 Å². The van der Waals surface area contributed by atoms with Crippen molar-refractivity contribution in [1.29, 1.82) is 0 Å². The van der Waals surface area contributed by atoms with Crippen LogP contribution >= 0.6 is 0 Å². The van der Waals surface area contributed by atoms with E-state index in [-0.39, 0.29) is 11.8 Å². The molecule has 1 aromatic carbocycles. The second kappa shape index (κ2) is 5.76. The number of hydrogen-bond acceptors (Lipinski definition) is 3. The number of amides is 1. The highest BCUT2D eigenvalue weighted by Gasteiger charge is 2.48. The molecule has 2 atom stereocenters. The first kappa shape index (κ1) is 13.9. The second-order valence-corrected chi connectivity index (χ2v) is 5.87. The molecular weight excluding hydrogens is 268 g/mol. The van der Waals surface area contributed by atoms with E-state index in [4.69, 9.17) is 5.11 Å². The van der Waals surface area contributed by atoms with Crippen molar-refractivity contribution in [1.82, 2.24) is 0 Å². The van der Waals surface area contributed by atoms with Gasteiger partial charge >= 0.3 is 5.97 Å². The average molecular weight is 288 g/mol. The molecule has 112 valence electrons. The van der Waals surface area contributed by atoms with E-state index in [1.807, 2.05) is 24.3 Å². The summed E-state index contributed by atoms with van der Waals surface area (Å²) in [4.78, 5) is 25.0. The van der Waals surface area contributed by atoms with Crippen LogP contribution in [0.1, 0.15) is 25.7 Å². The van der Waals surface area contributed by atoms with Crippen LogP contribution < -0.4 is 10.2 Å². The van der Waals surface area contributed by atoms with Crippen molar-refractivity contribution in [3.8, 4) is 0 Å². The van der Waals surface area contributed by atoms with Crippen LogP contribution in [-0.4, -0.2) is 30.1 Å². The Morgan fingerprint density at radius 3 is 2.29 bits per heavy atom. The van der Waals surface area contributed by atoms with Crippen LogP contribution in [0.5, 0.6) is 0 Å². The Morgan fingerprint density at radius 2 is 1.71 bits per heavy atom. The summed E-state index contributed by atoms with van der Waals surface area (Å²) in [5.41, 5.74) is 1.92. The Morgan fingerprint density at radius 1 is 1.05 bits per heavy atom. The highest BCUT2D eigenvalue weighted by atomic mass is 16.4. The van der Waals surface area contributed by atoms with Crippen LogP contribution in [0.4, 0.5) is 11.4 Å². The molecule has 21 heavy (non-hydrogen) atoms. The van der Waals surface area contributed by atoms with E-state index in [1.165, 1.54) is 24.9 Å². The van der Waals surface area contributed by atoms with E-state index in [1.54, 1.807) is 0 Å². The summed E-state index contributed by atoms with van der Waals surface area (Å²) in [5.74, 6) is -1.94. The summed E-state index contributed by atoms with van der Waals surface area (Å²) in [7, 11) is 0. The lowest BCUT2D eigenvalue weighted by atomic mass is 10.1. The first-order chi connectivity index (χ1) is 10.1. The Hall–Kier alpha value is -2.04. The Balaban J connectivity index is 1.57. The Bertz CT molecular complexity index is 535. The minimum atomic E-state index is -0.879. The molecule has 5 heteroatoms. The molecule has 1 aromatic rings. The number of carbonyl (C=O) groups is 2. The van der Waals surface area contributed by atoms with Crippen molar-refractivity contribution >= 4 is 23.3 Å². The monoisotopic (exact) mass is 288 g/mol. The van der Waals surface area contributed by atoms with Crippen LogP contribution in [0.15, 0.2) is 24.3 Å². The third-order valence-electron chi connectivity index (χ3n) is 4.30. The maximum absolute atomic E-state index is 11.9. The van der Waals surface area contributed by atoms with Crippen molar-refractivity contribution in [2.24, 2.45) is 11.8 Å². The fourth-order valence-corrected chi connectivity index (χ4v) is 2.90. The largest absolute Gasteiger partial charge is 0.481 e. The SMILES string of the molecule is O=C(O)C1CC1C(=O)Nc1ccc(N2CCCCC2)cc1. The van der Waals surface area contributed by atoms with Gasteiger partial charge in [-0.15, -0.1) is 0 Å². The molecule has 1 saturated carbocycles. The summed E-state index contributed by atoms with van der Waals surface area (Å²) in [6.07, 6.45) is 4.22. The molecule has 1 aliphatic carbocycles. The van der Waals surface area contributed by atoms with Gasteiger partial charge in [-0.2, -0.15) is 0 Å². The molecule has 1 amide bonds. The fraction of sp³-hybridized carbons (Fsp3) is 0.500. The van der Waals surface area contributed by atoms with Crippen LogP contribution in [0.3, 0.4) is 0 Å². The fourth-order valence-electron chi connectivity index (χ4n) is 2.90. The van der Waals surface area contributed by atoms with Crippen molar-refractivity contribution in [3.63, 3.8) is 0 Å². The second-order valence-electron chi connectivity index (χ2n) is 5.87. The number of carboxylic acids is 1. The van der Waals surface area contributed by atoms with E-state index in [0.29, 0.717) is 6.42 Å². The molecule has 2 N–H and O–H groups in total. The van der Waals surface area contributed by atoms with Crippen molar-refractivity contribution in [3.05, 3.63) is 24.3 Å². The van der Waals surface area contributed by atoms with Gasteiger partial charge in [-0.1, -0.05) is 0 Å². The smallest absolute Gasteiger partial charge is 0.307 e. The number of benzene rings is 1. The van der Waals surface area contributed by atoms with Gasteiger partial charge in [-0.05, 0) is 49.9 Å². The maximum atomic E-state index is 11.9. The van der Waals surface area contributed by atoms with E-state index in [0.717, 1.165) is 18.8 Å². The zero-order valence-corrected chi connectivity index (χ0v) is 11.9. The summed E-state index contributed by atoms with van der Waals surface area (Å²) >= 11 is 0. The lowest BCUT2D eigenvalue weighted by Gasteiger charge is -2.28. The summed E-state index contributed by atoms with van der Waals surface area (Å²) in [6.45, 7) is 2.18. The highest BCUT2D eigenvalue weighted by Crippen LogP contribution is 2.39. The standard InChI is InChI=1S/C16H20N2O3/c19-15(13-10-14(13)16(20)21)17-11-4-6-12(7-5-11)18-8-2-1-3-9-18/h4-7,13-14H,1-3,8-10H2,(H,17,19)(H,20,21). The van der Waals surface area contributed by atoms with Gasteiger partial charge in [0.2, 0.25) is 5.91 Å². The van der Waals surface area contributed by atoms with Crippen LogP contribution in [0.2, 0.25) is 0 Å². The highest BCUT2D eigenvalue weighted by molar-refractivity contribution is 5.98. The molecule has 2 aliphatic rings. The van der Waals surface area contributed by atoms with Gasteiger partial charge in [0, 0.05) is 24.5 Å². The van der Waals surface area contributed by atoms with Crippen LogP contribution in [0.25, 0.3) is 0 Å². The third kappa shape index (κ3) is 3.17. The molecule has 0 aromatic heterocycles. The van der Waals surface area contributed by atoms with Gasteiger partial charge in [-0.3, -0.25) is 9.59 Å². The van der Waals surface area contributed by atoms with Crippen LogP contribution in [-0.2, 0) is 9.59 Å². The van der Waals surface area contributed by atoms with Gasteiger partial charge in [0.15, 0.2) is 0 Å². The zero-order chi connectivity index (χ0) is 14.8. The molecular formula is C16H20N2O3. The van der Waals surface area contributed by atoms with Gasteiger partial charge in [0.1, 0.15) is 0 Å². The first-order valence-electron chi connectivity index (χ1n) is 7.54. The molecule has 1 aliphatic heterocycles. The molecule has 0 bridgehead atoms. The number of hydrogen-bond donors (Lipinski definition) is 2. The maximum Gasteiger partial charge on any atom is 0.307 e. The quantitative estimate of drug-likeness (QED) is 0.892. The van der Waals surface area contributed by atoms with Gasteiger partial charge in [-0.25, -0.2) is 0 Å². The number of nitrogens with one attached hydrogen (secondary N) is 1. The van der Waals surface area contributed by atoms with E-state index in [9.17, 15) is 9.59 Å². The molecule has 5 nitrogen and oxygen atoms in total. The number of rotatable bonds is 4. The number of carboxylic acid groups (broad SMARTS) is 1. The summed E-state index contributed by atoms with van der Waals surface area (Å²) < 4.78 is 0. The van der Waals surface area contributed by atoms with Crippen molar-refractivity contribution in [2.45, 2.75) is 25.7 Å². The molecule has 0 spiro atoms. The molecule has 0 radical (unpaired) electrons. The predicted molar refractivity (Wildman–Crippen MR) is 80.4 cm³/mol. The number of aliphatic carboxylic acids is 1. The normalized spacial score (nSPS) is 24.5. The topological polar surface area (TPSA) is 69.6 Å². The number of carbonyl (C=O) groups excluding carboxylic acids is 1. The van der Waals surface area contributed by atoms with Gasteiger partial charge < -0.3 is 15.3 Å². The van der Waals surface area contributed by atoms with Gasteiger partial charge in [0.05, 0.1) is 11.8 Å². The summed E-state index contributed by atoms with van der Waals surface area (Å²) in [5, 5.41) is 11.6. The number of piperidine rings is 1. The van der Waals surface area contributed by atoms with Crippen LogP contribution in [0, 0.1) is 11.8 Å². The van der Waals surface area contributed by atoms with Gasteiger partial charge in [0.25, 0.3) is 0 Å². The lowest BCUT2D eigenvalue weighted by molar-refractivity contribution is -0.139. The zero-order valence-electron chi connectivity index (χ0n) is 11.9. The average Bonchev–Trinajstić information content (AvgIpc) is 3.30. The Labute approximate surface area is 123 Å². The molecule has 3 rings (SSSR count). The van der Waals surface area contributed by atoms with E-state index < -0.39 is 11.9 Å².